The van der Waals surface area contributed by atoms with E-state index in [0.717, 1.165) is 11.8 Å². The van der Waals surface area contributed by atoms with Crippen molar-refractivity contribution in [3.05, 3.63) is 17.7 Å². The Morgan fingerprint density at radius 3 is 2.43 bits per heavy atom. The predicted octanol–water partition coefficient (Wildman–Crippen LogP) is 1.93. The van der Waals surface area contributed by atoms with Gasteiger partial charge in [0.1, 0.15) is 5.56 Å². The monoisotopic (exact) mass is 334 g/mol. The molecule has 0 aliphatic carbocycles. The molecule has 0 radical (unpaired) electrons. The standard InChI is InChI=1S/C13H18O6S2/c1-4-20-5-6-21(16,17)9-7-10(13(14)15)12(19-3)11(8-9)18-2/h7-8H,4-6H2,1-3H3,(H,14,15). The lowest BCUT2D eigenvalue weighted by Gasteiger charge is -2.13. The number of carboxylic acids is 1. The van der Waals surface area contributed by atoms with Gasteiger partial charge in [0.2, 0.25) is 0 Å². The molecule has 0 heterocycles. The molecule has 0 aliphatic heterocycles. The van der Waals surface area contributed by atoms with Crippen LogP contribution in [0.1, 0.15) is 17.3 Å². The molecule has 1 aromatic carbocycles. The Morgan fingerprint density at radius 2 is 1.95 bits per heavy atom. The zero-order valence-electron chi connectivity index (χ0n) is 12.1. The second kappa shape index (κ2) is 7.56. The van der Waals surface area contributed by atoms with E-state index in [1.54, 1.807) is 0 Å². The Hall–Kier alpha value is -1.41. The Balaban J connectivity index is 3.31. The van der Waals surface area contributed by atoms with Gasteiger partial charge in [-0.1, -0.05) is 6.92 Å². The Labute approximate surface area is 128 Å². The van der Waals surface area contributed by atoms with Crippen LogP contribution in [0.5, 0.6) is 11.5 Å². The van der Waals surface area contributed by atoms with E-state index in [-0.39, 0.29) is 27.7 Å². The summed E-state index contributed by atoms with van der Waals surface area (Å²) in [6.45, 7) is 1.94. The molecule has 0 saturated heterocycles. The largest absolute Gasteiger partial charge is 0.493 e. The van der Waals surface area contributed by atoms with E-state index in [0.29, 0.717) is 5.75 Å². The molecule has 21 heavy (non-hydrogen) atoms. The van der Waals surface area contributed by atoms with Crippen molar-refractivity contribution >= 4 is 27.6 Å². The smallest absolute Gasteiger partial charge is 0.339 e. The summed E-state index contributed by atoms with van der Waals surface area (Å²) in [5, 5.41) is 9.19. The highest BCUT2D eigenvalue weighted by Gasteiger charge is 2.23. The van der Waals surface area contributed by atoms with Gasteiger partial charge in [0.25, 0.3) is 0 Å². The zero-order chi connectivity index (χ0) is 16.0. The molecule has 0 unspecified atom stereocenters. The Kier molecular flexibility index (Phi) is 6.35. The van der Waals surface area contributed by atoms with Gasteiger partial charge in [-0.25, -0.2) is 13.2 Å². The van der Waals surface area contributed by atoms with Crippen molar-refractivity contribution in [2.75, 3.05) is 31.5 Å². The quantitative estimate of drug-likeness (QED) is 0.726. The molecular weight excluding hydrogens is 316 g/mol. The molecular formula is C13H18O6S2. The minimum Gasteiger partial charge on any atom is -0.493 e. The van der Waals surface area contributed by atoms with Gasteiger partial charge in [0.05, 0.1) is 24.9 Å². The number of benzene rings is 1. The maximum atomic E-state index is 12.2. The fourth-order valence-electron chi connectivity index (χ4n) is 1.71. The molecule has 118 valence electrons. The molecule has 1 aromatic rings. The van der Waals surface area contributed by atoms with Crippen LogP contribution in [0.4, 0.5) is 0 Å². The summed E-state index contributed by atoms with van der Waals surface area (Å²) < 4.78 is 34.5. The van der Waals surface area contributed by atoms with Crippen molar-refractivity contribution in [1.29, 1.82) is 0 Å². The van der Waals surface area contributed by atoms with Gasteiger partial charge in [-0.3, -0.25) is 0 Å². The lowest BCUT2D eigenvalue weighted by Crippen LogP contribution is -2.12. The summed E-state index contributed by atoms with van der Waals surface area (Å²) >= 11 is 1.51. The molecule has 0 fully saturated rings. The van der Waals surface area contributed by atoms with Gasteiger partial charge in [0.15, 0.2) is 21.3 Å². The highest BCUT2D eigenvalue weighted by molar-refractivity contribution is 8.00. The third-order valence-electron chi connectivity index (χ3n) is 2.74. The molecule has 0 aromatic heterocycles. The van der Waals surface area contributed by atoms with E-state index in [9.17, 15) is 18.3 Å². The molecule has 0 aliphatic rings. The number of hydrogen-bond donors (Lipinski definition) is 1. The number of hydrogen-bond acceptors (Lipinski definition) is 6. The molecule has 0 atom stereocenters. The van der Waals surface area contributed by atoms with E-state index in [2.05, 4.69) is 0 Å². The first-order valence-corrected chi connectivity index (χ1v) is 8.97. The molecule has 1 N–H and O–H groups in total. The number of methoxy groups -OCH3 is 2. The number of carbonyl (C=O) groups is 1. The minimum absolute atomic E-state index is 0.00637. The van der Waals surface area contributed by atoms with Crippen LogP contribution in [0.3, 0.4) is 0 Å². The number of thioether (sulfide) groups is 1. The van der Waals surface area contributed by atoms with E-state index in [4.69, 9.17) is 9.47 Å². The van der Waals surface area contributed by atoms with Gasteiger partial charge < -0.3 is 14.6 Å². The highest BCUT2D eigenvalue weighted by atomic mass is 32.2. The topological polar surface area (TPSA) is 89.9 Å². The normalized spacial score (nSPS) is 11.2. The number of rotatable bonds is 8. The van der Waals surface area contributed by atoms with Crippen LogP contribution in [0.15, 0.2) is 17.0 Å². The van der Waals surface area contributed by atoms with Gasteiger partial charge in [-0.05, 0) is 11.8 Å². The molecule has 0 spiro atoms. The van der Waals surface area contributed by atoms with Crippen LogP contribution in [0.2, 0.25) is 0 Å². The van der Waals surface area contributed by atoms with E-state index >= 15 is 0 Å². The fourth-order valence-corrected chi connectivity index (χ4v) is 4.17. The fraction of sp³-hybridized carbons (Fsp3) is 0.462. The highest BCUT2D eigenvalue weighted by Crippen LogP contribution is 2.34. The molecule has 0 amide bonds. The molecule has 8 heteroatoms. The first kappa shape index (κ1) is 17.6. The molecule has 1 rings (SSSR count). The molecule has 6 nitrogen and oxygen atoms in total. The third kappa shape index (κ3) is 4.28. The lowest BCUT2D eigenvalue weighted by molar-refractivity contribution is 0.0692. The summed E-state index contributed by atoms with van der Waals surface area (Å²) in [7, 11) is -0.938. The first-order valence-electron chi connectivity index (χ1n) is 6.17. The first-order chi connectivity index (χ1) is 9.87. The van der Waals surface area contributed by atoms with Crippen molar-refractivity contribution in [3.63, 3.8) is 0 Å². The van der Waals surface area contributed by atoms with E-state index < -0.39 is 15.8 Å². The Bertz CT molecular complexity index is 609. The van der Waals surface area contributed by atoms with Crippen LogP contribution < -0.4 is 9.47 Å². The van der Waals surface area contributed by atoms with Gasteiger partial charge in [-0.15, -0.1) is 0 Å². The summed E-state index contributed by atoms with van der Waals surface area (Å²) in [5.74, 6) is 0.0356. The van der Waals surface area contributed by atoms with Crippen molar-refractivity contribution in [2.24, 2.45) is 0 Å². The summed E-state index contributed by atoms with van der Waals surface area (Å²) in [6.07, 6.45) is 0. The minimum atomic E-state index is -3.57. The van der Waals surface area contributed by atoms with Gasteiger partial charge >= 0.3 is 5.97 Å². The summed E-state index contributed by atoms with van der Waals surface area (Å²) in [5.41, 5.74) is -0.237. The lowest BCUT2D eigenvalue weighted by atomic mass is 10.2. The molecule has 0 bridgehead atoms. The van der Waals surface area contributed by atoms with Gasteiger partial charge in [0, 0.05) is 11.8 Å². The second-order valence-corrected chi connectivity index (χ2v) is 7.53. The SMILES string of the molecule is CCSCCS(=O)(=O)c1cc(OC)c(OC)c(C(=O)O)c1. The number of sulfone groups is 1. The second-order valence-electron chi connectivity index (χ2n) is 4.03. The predicted molar refractivity (Wildman–Crippen MR) is 81.6 cm³/mol. The van der Waals surface area contributed by atoms with Crippen LogP contribution in [0.25, 0.3) is 0 Å². The van der Waals surface area contributed by atoms with Crippen molar-refractivity contribution in [2.45, 2.75) is 11.8 Å². The van der Waals surface area contributed by atoms with Crippen LogP contribution in [-0.4, -0.2) is 51.0 Å². The van der Waals surface area contributed by atoms with Crippen molar-refractivity contribution in [3.8, 4) is 11.5 Å². The average molecular weight is 334 g/mol. The van der Waals surface area contributed by atoms with E-state index in [1.165, 1.54) is 32.0 Å². The Morgan fingerprint density at radius 1 is 1.29 bits per heavy atom. The third-order valence-corrected chi connectivity index (χ3v) is 5.60. The van der Waals surface area contributed by atoms with Crippen LogP contribution in [-0.2, 0) is 9.84 Å². The van der Waals surface area contributed by atoms with Gasteiger partial charge in [-0.2, -0.15) is 11.8 Å². The van der Waals surface area contributed by atoms with E-state index in [1.807, 2.05) is 6.92 Å². The zero-order valence-corrected chi connectivity index (χ0v) is 13.7. The van der Waals surface area contributed by atoms with Crippen LogP contribution in [0, 0.1) is 0 Å². The number of aromatic carboxylic acids is 1. The average Bonchev–Trinajstić information content (AvgIpc) is 2.45. The van der Waals surface area contributed by atoms with Crippen molar-refractivity contribution < 1.29 is 27.8 Å². The molecule has 0 saturated carbocycles. The summed E-state index contributed by atoms with van der Waals surface area (Å²) in [6, 6.07) is 2.40. The maximum absolute atomic E-state index is 12.2. The van der Waals surface area contributed by atoms with Crippen molar-refractivity contribution in [1.82, 2.24) is 0 Å². The maximum Gasteiger partial charge on any atom is 0.339 e. The summed E-state index contributed by atoms with van der Waals surface area (Å²) in [4.78, 5) is 11.2. The number of ether oxygens (including phenoxy) is 2. The van der Waals surface area contributed by atoms with Crippen LogP contribution >= 0.6 is 11.8 Å². The number of carboxylic acid groups (broad SMARTS) is 1.